The third-order valence-corrected chi connectivity index (χ3v) is 4.35. The second-order valence-electron chi connectivity index (χ2n) is 6.17. The lowest BCUT2D eigenvalue weighted by atomic mass is 9.87. The van der Waals surface area contributed by atoms with E-state index in [9.17, 15) is 4.79 Å². The summed E-state index contributed by atoms with van der Waals surface area (Å²) >= 11 is 0. The number of carbonyl (C=O) groups excluding carboxylic acids is 1. The van der Waals surface area contributed by atoms with Crippen molar-refractivity contribution in [3.05, 3.63) is 29.8 Å². The fourth-order valence-corrected chi connectivity index (χ4v) is 2.95. The molecular formula is C17H26N2O. The number of carbonyl (C=O) groups is 1. The van der Waals surface area contributed by atoms with Gasteiger partial charge in [0.2, 0.25) is 5.91 Å². The first kappa shape index (κ1) is 14.9. The van der Waals surface area contributed by atoms with Crippen LogP contribution in [0.2, 0.25) is 0 Å². The SMILES string of the molecule is CCC(NC(=O)C1Cc2ccccc2NC1C)C(C)C. The Labute approximate surface area is 122 Å². The first-order valence-corrected chi connectivity index (χ1v) is 7.67. The Balaban J connectivity index is 2.08. The fourth-order valence-electron chi connectivity index (χ4n) is 2.95. The molecule has 3 heteroatoms. The molecule has 1 aliphatic rings. The normalized spacial score (nSPS) is 22.9. The molecule has 2 N–H and O–H groups in total. The molecule has 0 saturated carbocycles. The van der Waals surface area contributed by atoms with Crippen molar-refractivity contribution in [2.45, 2.75) is 52.6 Å². The number of para-hydroxylation sites is 1. The van der Waals surface area contributed by atoms with Crippen molar-refractivity contribution >= 4 is 11.6 Å². The van der Waals surface area contributed by atoms with E-state index in [2.05, 4.69) is 50.5 Å². The largest absolute Gasteiger partial charge is 0.382 e. The van der Waals surface area contributed by atoms with Crippen molar-refractivity contribution in [2.24, 2.45) is 11.8 Å². The molecule has 0 radical (unpaired) electrons. The van der Waals surface area contributed by atoms with Gasteiger partial charge in [0, 0.05) is 17.8 Å². The van der Waals surface area contributed by atoms with E-state index >= 15 is 0 Å². The molecule has 0 saturated heterocycles. The molecule has 20 heavy (non-hydrogen) atoms. The smallest absolute Gasteiger partial charge is 0.225 e. The van der Waals surface area contributed by atoms with Gasteiger partial charge < -0.3 is 10.6 Å². The molecule has 110 valence electrons. The summed E-state index contributed by atoms with van der Waals surface area (Å²) in [7, 11) is 0. The zero-order valence-corrected chi connectivity index (χ0v) is 12.9. The number of benzene rings is 1. The van der Waals surface area contributed by atoms with E-state index in [-0.39, 0.29) is 23.9 Å². The van der Waals surface area contributed by atoms with E-state index in [1.165, 1.54) is 11.3 Å². The van der Waals surface area contributed by atoms with Crippen LogP contribution < -0.4 is 10.6 Å². The molecule has 1 heterocycles. The highest BCUT2D eigenvalue weighted by molar-refractivity contribution is 5.81. The number of amides is 1. The van der Waals surface area contributed by atoms with Crippen LogP contribution in [0, 0.1) is 11.8 Å². The Bertz CT molecular complexity index is 470. The minimum absolute atomic E-state index is 0.0118. The third-order valence-electron chi connectivity index (χ3n) is 4.35. The van der Waals surface area contributed by atoms with E-state index in [1.54, 1.807) is 0 Å². The Kier molecular flexibility index (Phi) is 4.69. The van der Waals surface area contributed by atoms with E-state index in [4.69, 9.17) is 0 Å². The van der Waals surface area contributed by atoms with Crippen LogP contribution in [0.15, 0.2) is 24.3 Å². The zero-order valence-electron chi connectivity index (χ0n) is 12.9. The van der Waals surface area contributed by atoms with Crippen molar-refractivity contribution in [2.75, 3.05) is 5.32 Å². The van der Waals surface area contributed by atoms with Gasteiger partial charge in [-0.15, -0.1) is 0 Å². The van der Waals surface area contributed by atoms with Crippen LogP contribution in [0.4, 0.5) is 5.69 Å². The molecule has 3 atom stereocenters. The lowest BCUT2D eigenvalue weighted by Gasteiger charge is -2.33. The van der Waals surface area contributed by atoms with Crippen LogP contribution in [0.5, 0.6) is 0 Å². The molecule has 0 spiro atoms. The molecule has 1 amide bonds. The number of anilines is 1. The van der Waals surface area contributed by atoms with E-state index in [1.807, 2.05) is 12.1 Å². The molecule has 1 aromatic rings. The summed E-state index contributed by atoms with van der Waals surface area (Å²) in [4.78, 5) is 12.5. The predicted molar refractivity (Wildman–Crippen MR) is 83.8 cm³/mol. The maximum atomic E-state index is 12.5. The highest BCUT2D eigenvalue weighted by atomic mass is 16.2. The van der Waals surface area contributed by atoms with E-state index < -0.39 is 0 Å². The van der Waals surface area contributed by atoms with Gasteiger partial charge in [-0.3, -0.25) is 4.79 Å². The zero-order chi connectivity index (χ0) is 14.7. The van der Waals surface area contributed by atoms with Gasteiger partial charge in [0.25, 0.3) is 0 Å². The summed E-state index contributed by atoms with van der Waals surface area (Å²) in [5, 5.41) is 6.67. The second kappa shape index (κ2) is 6.29. The molecule has 1 aromatic carbocycles. The average molecular weight is 274 g/mol. The van der Waals surface area contributed by atoms with Gasteiger partial charge in [0.15, 0.2) is 0 Å². The van der Waals surface area contributed by atoms with E-state index in [0.29, 0.717) is 5.92 Å². The molecule has 2 rings (SSSR count). The third kappa shape index (κ3) is 3.14. The van der Waals surface area contributed by atoms with Gasteiger partial charge in [-0.2, -0.15) is 0 Å². The van der Waals surface area contributed by atoms with Crippen LogP contribution in [0.3, 0.4) is 0 Å². The summed E-state index contributed by atoms with van der Waals surface area (Å²) in [5.74, 6) is 0.667. The number of rotatable bonds is 4. The van der Waals surface area contributed by atoms with Crippen molar-refractivity contribution in [1.29, 1.82) is 0 Å². The number of fused-ring (bicyclic) bond motifs is 1. The van der Waals surface area contributed by atoms with Gasteiger partial charge in [0.1, 0.15) is 0 Å². The minimum Gasteiger partial charge on any atom is -0.382 e. The number of nitrogens with one attached hydrogen (secondary N) is 2. The molecule has 3 unspecified atom stereocenters. The molecule has 1 aliphatic heterocycles. The van der Waals surface area contributed by atoms with Crippen LogP contribution >= 0.6 is 0 Å². The van der Waals surface area contributed by atoms with Gasteiger partial charge in [-0.25, -0.2) is 0 Å². The summed E-state index contributed by atoms with van der Waals surface area (Å²) in [5.41, 5.74) is 2.41. The fraction of sp³-hybridized carbons (Fsp3) is 0.588. The van der Waals surface area contributed by atoms with Gasteiger partial charge in [-0.1, -0.05) is 39.0 Å². The Hall–Kier alpha value is -1.51. The van der Waals surface area contributed by atoms with Crippen LogP contribution in [-0.2, 0) is 11.2 Å². The summed E-state index contributed by atoms with van der Waals surface area (Å²) < 4.78 is 0. The summed E-state index contributed by atoms with van der Waals surface area (Å²) in [6.45, 7) is 8.54. The van der Waals surface area contributed by atoms with Crippen LogP contribution in [-0.4, -0.2) is 18.0 Å². The average Bonchev–Trinajstić information content (AvgIpc) is 2.43. The Morgan fingerprint density at radius 3 is 2.75 bits per heavy atom. The second-order valence-corrected chi connectivity index (χ2v) is 6.17. The Morgan fingerprint density at radius 2 is 2.10 bits per heavy atom. The monoisotopic (exact) mass is 274 g/mol. The predicted octanol–water partition coefficient (Wildman–Crippen LogP) is 3.21. The van der Waals surface area contributed by atoms with Crippen LogP contribution in [0.25, 0.3) is 0 Å². The number of hydrogen-bond donors (Lipinski definition) is 2. The molecular weight excluding hydrogens is 248 g/mol. The van der Waals surface area contributed by atoms with Crippen molar-refractivity contribution in [1.82, 2.24) is 5.32 Å². The summed E-state index contributed by atoms with van der Waals surface area (Å²) in [6.07, 6.45) is 1.80. The lowest BCUT2D eigenvalue weighted by Crippen LogP contribution is -2.48. The lowest BCUT2D eigenvalue weighted by molar-refractivity contribution is -0.126. The number of hydrogen-bond acceptors (Lipinski definition) is 2. The van der Waals surface area contributed by atoms with E-state index in [0.717, 1.165) is 12.8 Å². The van der Waals surface area contributed by atoms with Crippen LogP contribution in [0.1, 0.15) is 39.7 Å². The first-order chi connectivity index (χ1) is 9.52. The Morgan fingerprint density at radius 1 is 1.40 bits per heavy atom. The highest BCUT2D eigenvalue weighted by Crippen LogP contribution is 2.28. The highest BCUT2D eigenvalue weighted by Gasteiger charge is 2.31. The first-order valence-electron chi connectivity index (χ1n) is 7.67. The molecule has 0 aromatic heterocycles. The molecule has 0 fully saturated rings. The van der Waals surface area contributed by atoms with Gasteiger partial charge in [0.05, 0.1) is 5.92 Å². The maximum Gasteiger partial charge on any atom is 0.225 e. The standard InChI is InChI=1S/C17H26N2O/c1-5-15(11(2)3)19-17(20)14-10-13-8-6-7-9-16(13)18-12(14)4/h6-9,11-12,14-15,18H,5,10H2,1-4H3,(H,19,20). The van der Waals surface area contributed by atoms with Gasteiger partial charge >= 0.3 is 0 Å². The van der Waals surface area contributed by atoms with Crippen molar-refractivity contribution in [3.63, 3.8) is 0 Å². The molecule has 0 aliphatic carbocycles. The topological polar surface area (TPSA) is 41.1 Å². The minimum atomic E-state index is 0.0118. The summed E-state index contributed by atoms with van der Waals surface area (Å²) in [6, 6.07) is 8.71. The molecule has 0 bridgehead atoms. The molecule has 3 nitrogen and oxygen atoms in total. The van der Waals surface area contributed by atoms with Crippen molar-refractivity contribution in [3.8, 4) is 0 Å². The van der Waals surface area contributed by atoms with Gasteiger partial charge in [-0.05, 0) is 37.3 Å². The maximum absolute atomic E-state index is 12.5. The van der Waals surface area contributed by atoms with Crippen molar-refractivity contribution < 1.29 is 4.79 Å². The quantitative estimate of drug-likeness (QED) is 0.885.